The van der Waals surface area contributed by atoms with Crippen LogP contribution in [0.5, 0.6) is 0 Å². The molecule has 2 amide bonds. The molecule has 1 aromatic heterocycles. The van der Waals surface area contributed by atoms with Gasteiger partial charge >= 0.3 is 0 Å². The van der Waals surface area contributed by atoms with Crippen LogP contribution in [0.2, 0.25) is 0 Å². The van der Waals surface area contributed by atoms with Crippen LogP contribution in [0.15, 0.2) is 12.4 Å². The summed E-state index contributed by atoms with van der Waals surface area (Å²) in [4.78, 5) is 27.7. The van der Waals surface area contributed by atoms with E-state index in [-0.39, 0.29) is 11.8 Å². The highest BCUT2D eigenvalue weighted by Crippen LogP contribution is 2.22. The summed E-state index contributed by atoms with van der Waals surface area (Å²) in [7, 11) is 5.46. The molecule has 1 aliphatic heterocycles. The van der Waals surface area contributed by atoms with Crippen molar-refractivity contribution in [3.05, 3.63) is 18.0 Å². The van der Waals surface area contributed by atoms with Gasteiger partial charge in [-0.1, -0.05) is 0 Å². The van der Waals surface area contributed by atoms with Gasteiger partial charge in [-0.15, -0.1) is 0 Å². The maximum absolute atomic E-state index is 12.4. The molecule has 0 aliphatic carbocycles. The molecule has 1 atom stereocenters. The number of aryl methyl sites for hydroxylation is 2. The Bertz CT molecular complexity index is 538. The van der Waals surface area contributed by atoms with Crippen LogP contribution in [0.3, 0.4) is 0 Å². The van der Waals surface area contributed by atoms with Crippen molar-refractivity contribution in [2.75, 3.05) is 27.2 Å². The van der Waals surface area contributed by atoms with E-state index in [0.29, 0.717) is 18.8 Å². The highest BCUT2D eigenvalue weighted by atomic mass is 16.2. The lowest BCUT2D eigenvalue weighted by Gasteiger charge is -2.33. The SMILES string of the molecule is CN(C)C(=O)CCC1CCCN(C(=O)CCc2cnn(C)c2)C1. The molecule has 0 saturated carbocycles. The molecule has 1 aliphatic rings. The first-order valence-electron chi connectivity index (χ1n) is 8.41. The Labute approximate surface area is 138 Å². The Morgan fingerprint density at radius 2 is 2.13 bits per heavy atom. The second kappa shape index (κ2) is 8.13. The van der Waals surface area contributed by atoms with Gasteiger partial charge in [0, 0.05) is 53.3 Å². The zero-order valence-electron chi connectivity index (χ0n) is 14.5. The third kappa shape index (κ3) is 5.37. The summed E-state index contributed by atoms with van der Waals surface area (Å²) < 4.78 is 1.76. The Morgan fingerprint density at radius 1 is 1.35 bits per heavy atom. The van der Waals surface area contributed by atoms with Crippen LogP contribution in [0.25, 0.3) is 0 Å². The van der Waals surface area contributed by atoms with Crippen molar-refractivity contribution in [2.24, 2.45) is 13.0 Å². The van der Waals surface area contributed by atoms with Crippen molar-refractivity contribution >= 4 is 11.8 Å². The maximum atomic E-state index is 12.4. The predicted octanol–water partition coefficient (Wildman–Crippen LogP) is 1.46. The summed E-state index contributed by atoms with van der Waals surface area (Å²) in [5.74, 6) is 0.845. The lowest BCUT2D eigenvalue weighted by Crippen LogP contribution is -2.40. The fraction of sp³-hybridized carbons (Fsp3) is 0.706. The van der Waals surface area contributed by atoms with Crippen molar-refractivity contribution in [1.29, 1.82) is 0 Å². The molecule has 1 aromatic rings. The Hall–Kier alpha value is -1.85. The first-order chi connectivity index (χ1) is 11.0. The number of amides is 2. The van der Waals surface area contributed by atoms with Gasteiger partial charge in [0.1, 0.15) is 0 Å². The van der Waals surface area contributed by atoms with Crippen molar-refractivity contribution < 1.29 is 9.59 Å². The van der Waals surface area contributed by atoms with Gasteiger partial charge in [-0.05, 0) is 37.2 Å². The average molecular weight is 320 g/mol. The maximum Gasteiger partial charge on any atom is 0.222 e. The number of piperidine rings is 1. The number of nitrogens with zero attached hydrogens (tertiary/aromatic N) is 4. The minimum absolute atomic E-state index is 0.171. The summed E-state index contributed by atoms with van der Waals surface area (Å²) in [6.45, 7) is 1.65. The van der Waals surface area contributed by atoms with Crippen LogP contribution < -0.4 is 0 Å². The normalized spacial score (nSPS) is 18.0. The van der Waals surface area contributed by atoms with Gasteiger partial charge in [0.05, 0.1) is 6.20 Å². The van der Waals surface area contributed by atoms with Gasteiger partial charge < -0.3 is 9.80 Å². The van der Waals surface area contributed by atoms with Gasteiger partial charge in [0.25, 0.3) is 0 Å². The molecule has 0 N–H and O–H groups in total. The van der Waals surface area contributed by atoms with E-state index in [1.807, 2.05) is 24.3 Å². The summed E-state index contributed by atoms with van der Waals surface area (Å²) in [5.41, 5.74) is 1.10. The standard InChI is InChI=1S/C17H28N4O2/c1-19(2)16(22)8-6-14-5-4-10-21(13-14)17(23)9-7-15-11-18-20(3)12-15/h11-12,14H,4-10,13H2,1-3H3. The topological polar surface area (TPSA) is 58.4 Å². The summed E-state index contributed by atoms with van der Waals surface area (Å²) >= 11 is 0. The summed E-state index contributed by atoms with van der Waals surface area (Å²) in [5, 5.41) is 4.13. The molecule has 0 aromatic carbocycles. The molecule has 128 valence electrons. The third-order valence-electron chi connectivity index (χ3n) is 4.52. The molecule has 1 saturated heterocycles. The largest absolute Gasteiger partial charge is 0.349 e. The number of carbonyl (C=O) groups is 2. The zero-order chi connectivity index (χ0) is 16.8. The first kappa shape index (κ1) is 17.5. The lowest BCUT2D eigenvalue weighted by atomic mass is 9.93. The molecule has 1 fully saturated rings. The molecule has 0 spiro atoms. The van der Waals surface area contributed by atoms with E-state index in [2.05, 4.69) is 5.10 Å². The van der Waals surface area contributed by atoms with Gasteiger partial charge in [-0.2, -0.15) is 5.10 Å². The van der Waals surface area contributed by atoms with E-state index in [1.54, 1.807) is 23.7 Å². The van der Waals surface area contributed by atoms with E-state index < -0.39 is 0 Å². The molecule has 2 rings (SSSR count). The predicted molar refractivity (Wildman–Crippen MR) is 88.8 cm³/mol. The number of hydrogen-bond donors (Lipinski definition) is 0. The van der Waals surface area contributed by atoms with Gasteiger partial charge in [-0.25, -0.2) is 0 Å². The smallest absolute Gasteiger partial charge is 0.222 e. The molecule has 2 heterocycles. The highest BCUT2D eigenvalue weighted by molar-refractivity contribution is 5.77. The Morgan fingerprint density at radius 3 is 2.78 bits per heavy atom. The van der Waals surface area contributed by atoms with Gasteiger partial charge in [0.15, 0.2) is 0 Å². The van der Waals surface area contributed by atoms with Crippen LogP contribution in [-0.2, 0) is 23.1 Å². The fourth-order valence-electron chi connectivity index (χ4n) is 3.09. The molecule has 0 radical (unpaired) electrons. The Balaban J connectivity index is 1.76. The van der Waals surface area contributed by atoms with E-state index in [1.165, 1.54) is 0 Å². The van der Waals surface area contributed by atoms with E-state index in [0.717, 1.165) is 44.3 Å². The number of aromatic nitrogens is 2. The van der Waals surface area contributed by atoms with Crippen LogP contribution >= 0.6 is 0 Å². The van der Waals surface area contributed by atoms with Crippen molar-refractivity contribution in [3.63, 3.8) is 0 Å². The number of rotatable bonds is 6. The fourth-order valence-corrected chi connectivity index (χ4v) is 3.09. The number of carbonyl (C=O) groups excluding carboxylic acids is 2. The van der Waals surface area contributed by atoms with Gasteiger partial charge in [0.2, 0.25) is 11.8 Å². The number of likely N-dealkylation sites (tertiary alicyclic amines) is 1. The first-order valence-corrected chi connectivity index (χ1v) is 8.41. The van der Waals surface area contributed by atoms with Crippen molar-refractivity contribution in [2.45, 2.75) is 38.5 Å². The van der Waals surface area contributed by atoms with Gasteiger partial charge in [-0.3, -0.25) is 14.3 Å². The van der Waals surface area contributed by atoms with Crippen molar-refractivity contribution in [1.82, 2.24) is 19.6 Å². The van der Waals surface area contributed by atoms with Crippen LogP contribution in [0, 0.1) is 5.92 Å². The molecule has 6 heteroatoms. The van der Waals surface area contributed by atoms with Crippen LogP contribution in [0.1, 0.15) is 37.7 Å². The summed E-state index contributed by atoms with van der Waals surface area (Å²) in [6.07, 6.45) is 8.67. The second-order valence-corrected chi connectivity index (χ2v) is 6.70. The molecular formula is C17H28N4O2. The zero-order valence-corrected chi connectivity index (χ0v) is 14.5. The monoisotopic (exact) mass is 320 g/mol. The molecule has 6 nitrogen and oxygen atoms in total. The second-order valence-electron chi connectivity index (χ2n) is 6.70. The third-order valence-corrected chi connectivity index (χ3v) is 4.52. The number of hydrogen-bond acceptors (Lipinski definition) is 3. The van der Waals surface area contributed by atoms with E-state index >= 15 is 0 Å². The lowest BCUT2D eigenvalue weighted by molar-refractivity contribution is -0.133. The molecule has 1 unspecified atom stereocenters. The van der Waals surface area contributed by atoms with Crippen molar-refractivity contribution in [3.8, 4) is 0 Å². The summed E-state index contributed by atoms with van der Waals surface area (Å²) in [6, 6.07) is 0. The average Bonchev–Trinajstić information content (AvgIpc) is 2.96. The van der Waals surface area contributed by atoms with Crippen LogP contribution in [-0.4, -0.2) is 58.6 Å². The minimum atomic E-state index is 0.171. The highest BCUT2D eigenvalue weighted by Gasteiger charge is 2.24. The minimum Gasteiger partial charge on any atom is -0.349 e. The van der Waals surface area contributed by atoms with E-state index in [4.69, 9.17) is 0 Å². The quantitative estimate of drug-likeness (QED) is 0.797. The molecule has 23 heavy (non-hydrogen) atoms. The molecule has 0 bridgehead atoms. The van der Waals surface area contributed by atoms with E-state index in [9.17, 15) is 9.59 Å². The molecular weight excluding hydrogens is 292 g/mol. The Kier molecular flexibility index (Phi) is 6.19. The van der Waals surface area contributed by atoms with Crippen LogP contribution in [0.4, 0.5) is 0 Å².